The zero-order valence-electron chi connectivity index (χ0n) is 16.7. The van der Waals surface area contributed by atoms with Crippen molar-refractivity contribution < 1.29 is 4.79 Å². The molecular formula is C23H26N4O. The maximum Gasteiger partial charge on any atom is 0.257 e. The van der Waals surface area contributed by atoms with Gasteiger partial charge in [0.15, 0.2) is 5.65 Å². The summed E-state index contributed by atoms with van der Waals surface area (Å²) in [6.45, 7) is 7.81. The molecule has 1 aromatic carbocycles. The fraction of sp³-hybridized carbons (Fsp3) is 0.348. The average Bonchev–Trinajstić information content (AvgIpc) is 2.69. The minimum atomic E-state index is 0.0381. The Morgan fingerprint density at radius 1 is 1.14 bits per heavy atom. The molecule has 0 bridgehead atoms. The maximum absolute atomic E-state index is 13.3. The van der Waals surface area contributed by atoms with Crippen LogP contribution >= 0.6 is 0 Å². The lowest BCUT2D eigenvalue weighted by Gasteiger charge is -2.31. The number of rotatable bonds is 3. The van der Waals surface area contributed by atoms with E-state index in [9.17, 15) is 4.79 Å². The van der Waals surface area contributed by atoms with Gasteiger partial charge in [-0.1, -0.05) is 24.6 Å². The molecule has 3 heterocycles. The maximum atomic E-state index is 13.3. The number of hydrogen-bond acceptors (Lipinski definition) is 4. The van der Waals surface area contributed by atoms with Crippen LogP contribution in [0.4, 0.5) is 11.4 Å². The first kappa shape index (κ1) is 18.4. The van der Waals surface area contributed by atoms with Crippen LogP contribution in [0.5, 0.6) is 0 Å². The lowest BCUT2D eigenvalue weighted by atomic mass is 9.99. The number of hydrogen-bond donors (Lipinski definition) is 1. The Kier molecular flexibility index (Phi) is 4.99. The standard InChI is InChI=1S/C23H26N4O/c1-15-6-9-18(10-7-15)26-21-19-11-8-17(3)25-22(19)24-13-20(21)23(28)27-12-4-5-16(2)14-27/h6-11,13,16H,4-5,12,14H2,1-3H3,(H,24,25,26). The van der Waals surface area contributed by atoms with Gasteiger partial charge in [0.05, 0.1) is 11.3 Å². The number of fused-ring (bicyclic) bond motifs is 1. The van der Waals surface area contributed by atoms with E-state index < -0.39 is 0 Å². The van der Waals surface area contributed by atoms with Crippen LogP contribution in [0, 0.1) is 19.8 Å². The van der Waals surface area contributed by atoms with Crippen LogP contribution in [0.15, 0.2) is 42.6 Å². The van der Waals surface area contributed by atoms with Gasteiger partial charge in [-0.05, 0) is 56.9 Å². The van der Waals surface area contributed by atoms with Crippen molar-refractivity contribution in [2.24, 2.45) is 5.92 Å². The predicted molar refractivity (Wildman–Crippen MR) is 113 cm³/mol. The van der Waals surface area contributed by atoms with Gasteiger partial charge < -0.3 is 10.2 Å². The highest BCUT2D eigenvalue weighted by molar-refractivity contribution is 6.07. The quantitative estimate of drug-likeness (QED) is 0.711. The van der Waals surface area contributed by atoms with E-state index in [0.717, 1.165) is 42.0 Å². The van der Waals surface area contributed by atoms with Crippen molar-refractivity contribution in [2.75, 3.05) is 18.4 Å². The van der Waals surface area contributed by atoms with Gasteiger partial charge in [-0.25, -0.2) is 9.97 Å². The number of aromatic nitrogens is 2. The van der Waals surface area contributed by atoms with E-state index in [1.54, 1.807) is 6.20 Å². The highest BCUT2D eigenvalue weighted by atomic mass is 16.2. The highest BCUT2D eigenvalue weighted by Crippen LogP contribution is 2.30. The molecule has 1 amide bonds. The van der Waals surface area contributed by atoms with Crippen molar-refractivity contribution in [3.05, 3.63) is 59.4 Å². The van der Waals surface area contributed by atoms with E-state index in [2.05, 4.69) is 41.3 Å². The summed E-state index contributed by atoms with van der Waals surface area (Å²) in [7, 11) is 0. The molecule has 1 aliphatic heterocycles. The molecule has 3 aromatic rings. The molecule has 1 fully saturated rings. The fourth-order valence-corrected chi connectivity index (χ4v) is 3.79. The first-order chi connectivity index (χ1) is 13.5. The van der Waals surface area contributed by atoms with Gasteiger partial charge >= 0.3 is 0 Å². The molecule has 1 aliphatic rings. The smallest absolute Gasteiger partial charge is 0.257 e. The molecule has 1 atom stereocenters. The third-order valence-electron chi connectivity index (χ3n) is 5.36. The monoisotopic (exact) mass is 374 g/mol. The number of amides is 1. The summed E-state index contributed by atoms with van der Waals surface area (Å²) in [5.41, 5.74) is 5.08. The summed E-state index contributed by atoms with van der Waals surface area (Å²) in [5, 5.41) is 4.33. The van der Waals surface area contributed by atoms with Gasteiger partial charge in [0.1, 0.15) is 0 Å². The SMILES string of the molecule is Cc1ccc(Nc2c(C(=O)N3CCCC(C)C3)cnc3nc(C)ccc23)cc1. The third kappa shape index (κ3) is 3.70. The van der Waals surface area contributed by atoms with Gasteiger partial charge in [-0.2, -0.15) is 0 Å². The van der Waals surface area contributed by atoms with Gasteiger partial charge in [0.25, 0.3) is 5.91 Å². The molecule has 1 N–H and O–H groups in total. The average molecular weight is 374 g/mol. The molecule has 5 nitrogen and oxygen atoms in total. The Morgan fingerprint density at radius 3 is 2.68 bits per heavy atom. The number of nitrogens with zero attached hydrogens (tertiary/aromatic N) is 3. The Morgan fingerprint density at radius 2 is 1.93 bits per heavy atom. The minimum absolute atomic E-state index is 0.0381. The highest BCUT2D eigenvalue weighted by Gasteiger charge is 2.25. The molecular weight excluding hydrogens is 348 g/mol. The van der Waals surface area contributed by atoms with Gasteiger partial charge in [0, 0.05) is 36.1 Å². The van der Waals surface area contributed by atoms with Crippen LogP contribution in [0.1, 0.15) is 41.4 Å². The van der Waals surface area contributed by atoms with Crippen LogP contribution in [0.25, 0.3) is 11.0 Å². The van der Waals surface area contributed by atoms with Crippen molar-refractivity contribution in [3.63, 3.8) is 0 Å². The van der Waals surface area contributed by atoms with Crippen molar-refractivity contribution in [2.45, 2.75) is 33.6 Å². The molecule has 0 spiro atoms. The van der Waals surface area contributed by atoms with Crippen LogP contribution in [0.2, 0.25) is 0 Å². The molecule has 4 rings (SSSR count). The predicted octanol–water partition coefficient (Wildman–Crippen LogP) is 4.86. The van der Waals surface area contributed by atoms with Gasteiger partial charge in [-0.15, -0.1) is 0 Å². The molecule has 1 unspecified atom stereocenters. The zero-order valence-corrected chi connectivity index (χ0v) is 16.7. The second kappa shape index (κ2) is 7.58. The number of likely N-dealkylation sites (tertiary alicyclic amines) is 1. The van der Waals surface area contributed by atoms with E-state index in [0.29, 0.717) is 17.1 Å². The summed E-state index contributed by atoms with van der Waals surface area (Å²) in [6, 6.07) is 12.1. The number of benzene rings is 1. The second-order valence-corrected chi connectivity index (χ2v) is 7.86. The summed E-state index contributed by atoms with van der Waals surface area (Å²) in [6.07, 6.45) is 3.90. The first-order valence-corrected chi connectivity index (χ1v) is 9.90. The van der Waals surface area contributed by atoms with Crippen molar-refractivity contribution in [1.82, 2.24) is 14.9 Å². The summed E-state index contributed by atoms with van der Waals surface area (Å²) in [4.78, 5) is 24.3. The van der Waals surface area contributed by atoms with Gasteiger partial charge in [0.2, 0.25) is 0 Å². The third-order valence-corrected chi connectivity index (χ3v) is 5.36. The molecule has 0 radical (unpaired) electrons. The molecule has 5 heteroatoms. The number of piperidine rings is 1. The molecule has 2 aromatic heterocycles. The van der Waals surface area contributed by atoms with Crippen molar-refractivity contribution in [3.8, 4) is 0 Å². The molecule has 1 saturated heterocycles. The Balaban J connectivity index is 1.79. The lowest BCUT2D eigenvalue weighted by molar-refractivity contribution is 0.0684. The molecule has 0 saturated carbocycles. The van der Waals surface area contributed by atoms with Crippen LogP contribution in [0.3, 0.4) is 0 Å². The summed E-state index contributed by atoms with van der Waals surface area (Å²) < 4.78 is 0. The Labute approximate surface area is 165 Å². The summed E-state index contributed by atoms with van der Waals surface area (Å²) >= 11 is 0. The molecule has 144 valence electrons. The van der Waals surface area contributed by atoms with E-state index in [1.165, 1.54) is 12.0 Å². The molecule has 28 heavy (non-hydrogen) atoms. The van der Waals surface area contributed by atoms with Crippen LogP contribution < -0.4 is 5.32 Å². The van der Waals surface area contributed by atoms with Crippen molar-refractivity contribution in [1.29, 1.82) is 0 Å². The van der Waals surface area contributed by atoms with Crippen LogP contribution in [-0.4, -0.2) is 33.9 Å². The van der Waals surface area contributed by atoms with E-state index >= 15 is 0 Å². The number of anilines is 2. The number of pyridine rings is 2. The Bertz CT molecular complexity index is 1010. The topological polar surface area (TPSA) is 58.1 Å². The minimum Gasteiger partial charge on any atom is -0.354 e. The summed E-state index contributed by atoms with van der Waals surface area (Å²) in [5.74, 6) is 0.570. The Hall–Kier alpha value is -2.95. The number of nitrogens with one attached hydrogen (secondary N) is 1. The normalized spacial score (nSPS) is 17.0. The molecule has 0 aliphatic carbocycles. The van der Waals surface area contributed by atoms with E-state index in [-0.39, 0.29) is 5.91 Å². The van der Waals surface area contributed by atoms with E-state index in [4.69, 9.17) is 0 Å². The first-order valence-electron chi connectivity index (χ1n) is 9.90. The van der Waals surface area contributed by atoms with E-state index in [1.807, 2.05) is 36.1 Å². The van der Waals surface area contributed by atoms with Crippen molar-refractivity contribution >= 4 is 28.3 Å². The van der Waals surface area contributed by atoms with Gasteiger partial charge in [-0.3, -0.25) is 4.79 Å². The zero-order chi connectivity index (χ0) is 19.7. The number of carbonyl (C=O) groups is 1. The van der Waals surface area contributed by atoms with Crippen LogP contribution in [-0.2, 0) is 0 Å². The number of aryl methyl sites for hydroxylation is 2. The largest absolute Gasteiger partial charge is 0.354 e. The second-order valence-electron chi connectivity index (χ2n) is 7.86. The fourth-order valence-electron chi connectivity index (χ4n) is 3.79. The number of carbonyl (C=O) groups excluding carboxylic acids is 1. The lowest BCUT2D eigenvalue weighted by Crippen LogP contribution is -2.39.